The normalized spacial score (nSPS) is 17.1. The van der Waals surface area contributed by atoms with Gasteiger partial charge in [0.15, 0.2) is 21.3 Å². The van der Waals surface area contributed by atoms with Crippen molar-refractivity contribution in [2.75, 3.05) is 18.1 Å². The van der Waals surface area contributed by atoms with Crippen LogP contribution in [0.3, 0.4) is 0 Å². The second-order valence-corrected chi connectivity index (χ2v) is 10.3. The minimum Gasteiger partial charge on any atom is -0.494 e. The highest BCUT2D eigenvalue weighted by Crippen LogP contribution is 2.26. The summed E-state index contributed by atoms with van der Waals surface area (Å²) in [6.07, 6.45) is 0.360. The molecule has 0 spiro atoms. The number of ether oxygens (including phenoxy) is 1. The topological polar surface area (TPSA) is 89.7 Å². The van der Waals surface area contributed by atoms with E-state index in [0.717, 1.165) is 5.56 Å². The number of benzene rings is 2. The lowest BCUT2D eigenvalue weighted by Crippen LogP contribution is -2.40. The molecular weight excluding hydrogens is 447 g/mol. The molecule has 1 saturated heterocycles. The van der Waals surface area contributed by atoms with Crippen molar-refractivity contribution in [1.82, 2.24) is 10.1 Å². The molecule has 0 N–H and O–H groups in total. The van der Waals surface area contributed by atoms with E-state index in [1.54, 1.807) is 19.1 Å². The molecule has 1 aliphatic rings. The van der Waals surface area contributed by atoms with Crippen molar-refractivity contribution in [3.63, 3.8) is 0 Å². The molecule has 2 aromatic carbocycles. The molecule has 0 bridgehead atoms. The van der Waals surface area contributed by atoms with Gasteiger partial charge in [-0.2, -0.15) is 0 Å². The molecule has 0 aliphatic carbocycles. The zero-order valence-corrected chi connectivity index (χ0v) is 19.3. The lowest BCUT2D eigenvalue weighted by Gasteiger charge is -2.27. The minimum atomic E-state index is -3.21. The first-order valence-electron chi connectivity index (χ1n) is 10.7. The van der Waals surface area contributed by atoms with Gasteiger partial charge in [0.1, 0.15) is 11.6 Å². The largest absolute Gasteiger partial charge is 0.494 e. The molecule has 9 heteroatoms. The fourth-order valence-corrected chi connectivity index (χ4v) is 5.58. The van der Waals surface area contributed by atoms with Gasteiger partial charge in [-0.25, -0.2) is 12.8 Å². The van der Waals surface area contributed by atoms with Crippen LogP contribution in [-0.2, 0) is 16.4 Å². The van der Waals surface area contributed by atoms with Gasteiger partial charge < -0.3 is 14.2 Å². The van der Waals surface area contributed by atoms with Crippen LogP contribution in [0.25, 0.3) is 11.3 Å². The summed E-state index contributed by atoms with van der Waals surface area (Å²) in [5.41, 5.74) is 1.84. The molecule has 7 nitrogen and oxygen atoms in total. The number of sulfone groups is 1. The van der Waals surface area contributed by atoms with Crippen LogP contribution in [0.4, 0.5) is 4.39 Å². The molecule has 1 fully saturated rings. The van der Waals surface area contributed by atoms with Crippen molar-refractivity contribution >= 4 is 15.7 Å². The average molecular weight is 473 g/mol. The third-order valence-corrected chi connectivity index (χ3v) is 7.43. The molecule has 4 rings (SSSR count). The maximum atomic E-state index is 14.0. The summed E-state index contributed by atoms with van der Waals surface area (Å²) in [7, 11) is -3.21. The van der Waals surface area contributed by atoms with Gasteiger partial charge in [-0.3, -0.25) is 4.79 Å². The smallest absolute Gasteiger partial charge is 0.276 e. The third kappa shape index (κ3) is 5.24. The number of aromatic nitrogens is 1. The minimum absolute atomic E-state index is 0.0391. The second-order valence-electron chi connectivity index (χ2n) is 8.11. The number of nitrogens with zero attached hydrogens (tertiary/aromatic N) is 2. The van der Waals surface area contributed by atoms with Gasteiger partial charge in [0, 0.05) is 24.2 Å². The average Bonchev–Trinajstić information content (AvgIpc) is 3.41. The monoisotopic (exact) mass is 472 g/mol. The molecule has 2 heterocycles. The van der Waals surface area contributed by atoms with Crippen molar-refractivity contribution < 1.29 is 26.9 Å². The van der Waals surface area contributed by atoms with Crippen LogP contribution >= 0.6 is 0 Å². The van der Waals surface area contributed by atoms with Gasteiger partial charge in [0.05, 0.1) is 18.1 Å². The molecule has 1 amide bonds. The van der Waals surface area contributed by atoms with Gasteiger partial charge >= 0.3 is 0 Å². The number of rotatable bonds is 7. The third-order valence-electron chi connectivity index (χ3n) is 5.68. The van der Waals surface area contributed by atoms with Crippen molar-refractivity contribution in [3.05, 3.63) is 71.2 Å². The number of halogens is 1. The predicted molar refractivity (Wildman–Crippen MR) is 121 cm³/mol. The van der Waals surface area contributed by atoms with Crippen LogP contribution in [0.15, 0.2) is 53.1 Å². The number of carbonyl (C=O) groups excluding carboxylic acids is 1. The standard InChI is InChI=1S/C24H25FN2O5S/c1-3-31-20-8-5-17(6-9-20)14-27(19-10-11-33(29,30)15-19)24(28)22-13-23(32-26-22)18-7-4-16(2)21(25)12-18/h4-9,12-13,19H,3,10-11,14-15H2,1-2H3/t19-/m0/s1. The zero-order valence-electron chi connectivity index (χ0n) is 18.5. The first-order chi connectivity index (χ1) is 15.8. The number of carbonyl (C=O) groups is 1. The molecular formula is C24H25FN2O5S. The Balaban J connectivity index is 1.60. The number of hydrogen-bond donors (Lipinski definition) is 0. The van der Waals surface area contributed by atoms with E-state index in [9.17, 15) is 17.6 Å². The van der Waals surface area contributed by atoms with Gasteiger partial charge in [-0.15, -0.1) is 0 Å². The Morgan fingerprint density at radius 2 is 1.97 bits per heavy atom. The van der Waals surface area contributed by atoms with Crippen molar-refractivity contribution in [2.45, 2.75) is 32.9 Å². The molecule has 3 aromatic rings. The Morgan fingerprint density at radius 1 is 1.21 bits per heavy atom. The lowest BCUT2D eigenvalue weighted by molar-refractivity contribution is 0.0670. The van der Waals surface area contributed by atoms with E-state index in [4.69, 9.17) is 9.26 Å². The quantitative estimate of drug-likeness (QED) is 0.516. The highest BCUT2D eigenvalue weighted by atomic mass is 32.2. The highest BCUT2D eigenvalue weighted by molar-refractivity contribution is 7.91. The van der Waals surface area contributed by atoms with Gasteiger partial charge in [0.2, 0.25) is 0 Å². The first kappa shape index (κ1) is 23.0. The van der Waals surface area contributed by atoms with E-state index in [-0.39, 0.29) is 35.3 Å². The zero-order chi connectivity index (χ0) is 23.6. The molecule has 0 unspecified atom stereocenters. The van der Waals surface area contributed by atoms with E-state index in [1.807, 2.05) is 31.2 Å². The Labute approximate surface area is 192 Å². The predicted octanol–water partition coefficient (Wildman–Crippen LogP) is 4.02. The molecule has 0 radical (unpaired) electrons. The van der Waals surface area contributed by atoms with Gasteiger partial charge in [0.25, 0.3) is 5.91 Å². The summed E-state index contributed by atoms with van der Waals surface area (Å²) in [6.45, 7) is 4.31. The van der Waals surface area contributed by atoms with Crippen LogP contribution in [0, 0.1) is 12.7 Å². The van der Waals surface area contributed by atoms with E-state index in [2.05, 4.69) is 5.16 Å². The maximum Gasteiger partial charge on any atom is 0.276 e. The molecule has 1 atom stereocenters. The summed E-state index contributed by atoms with van der Waals surface area (Å²) in [4.78, 5) is 14.9. The van der Waals surface area contributed by atoms with E-state index in [0.29, 0.717) is 29.9 Å². The fraction of sp³-hybridized carbons (Fsp3) is 0.333. The number of amides is 1. The molecule has 174 valence electrons. The van der Waals surface area contributed by atoms with E-state index >= 15 is 0 Å². The molecule has 1 aliphatic heterocycles. The molecule has 0 saturated carbocycles. The van der Waals surface area contributed by atoms with Crippen LogP contribution in [0.5, 0.6) is 5.75 Å². The SMILES string of the molecule is CCOc1ccc(CN(C(=O)c2cc(-c3ccc(C)c(F)c3)on2)[C@H]2CCS(=O)(=O)C2)cc1. The van der Waals surface area contributed by atoms with Crippen molar-refractivity contribution in [1.29, 1.82) is 0 Å². The van der Waals surface area contributed by atoms with Crippen molar-refractivity contribution in [3.8, 4) is 17.1 Å². The summed E-state index contributed by atoms with van der Waals surface area (Å²) >= 11 is 0. The van der Waals surface area contributed by atoms with Gasteiger partial charge in [-0.1, -0.05) is 29.4 Å². The second kappa shape index (κ2) is 9.35. The lowest BCUT2D eigenvalue weighted by atomic mass is 10.1. The number of hydrogen-bond acceptors (Lipinski definition) is 6. The Hall–Kier alpha value is -3.20. The maximum absolute atomic E-state index is 14.0. The van der Waals surface area contributed by atoms with Crippen molar-refractivity contribution in [2.24, 2.45) is 0 Å². The van der Waals surface area contributed by atoms with E-state index in [1.165, 1.54) is 17.0 Å². The summed E-state index contributed by atoms with van der Waals surface area (Å²) in [6, 6.07) is 12.9. The highest BCUT2D eigenvalue weighted by Gasteiger charge is 2.36. The Bertz CT molecular complexity index is 1250. The van der Waals surface area contributed by atoms with Crippen LogP contribution in [0.2, 0.25) is 0 Å². The molecule has 1 aromatic heterocycles. The van der Waals surface area contributed by atoms with Gasteiger partial charge in [-0.05, 0) is 49.6 Å². The molecule has 33 heavy (non-hydrogen) atoms. The summed E-state index contributed by atoms with van der Waals surface area (Å²) in [5.74, 6) is 0.103. The summed E-state index contributed by atoms with van der Waals surface area (Å²) < 4.78 is 48.9. The van der Waals surface area contributed by atoms with Crippen LogP contribution in [0.1, 0.15) is 35.0 Å². The van der Waals surface area contributed by atoms with Crippen LogP contribution < -0.4 is 4.74 Å². The Kier molecular flexibility index (Phi) is 6.51. The summed E-state index contributed by atoms with van der Waals surface area (Å²) in [5, 5.41) is 3.90. The fourth-order valence-electron chi connectivity index (χ4n) is 3.85. The Morgan fingerprint density at radius 3 is 2.61 bits per heavy atom. The van der Waals surface area contributed by atoms with Crippen LogP contribution in [-0.4, -0.2) is 48.5 Å². The van der Waals surface area contributed by atoms with E-state index < -0.39 is 21.8 Å². The first-order valence-corrected chi connectivity index (χ1v) is 12.5. The number of aryl methyl sites for hydroxylation is 1.